The molecule has 0 heterocycles. The number of hydrogen-bond donors (Lipinski definition) is 0. The van der Waals surface area contributed by atoms with Crippen LogP contribution in [0.15, 0.2) is 194 Å². The van der Waals surface area contributed by atoms with Crippen LogP contribution in [0.2, 0.25) is 0 Å². The summed E-state index contributed by atoms with van der Waals surface area (Å²) in [6, 6.07) is 70.2. The molecular weight excluding hydrogens is 645 g/mol. The van der Waals surface area contributed by atoms with E-state index in [9.17, 15) is 0 Å². The van der Waals surface area contributed by atoms with Gasteiger partial charge in [-0.3, -0.25) is 0 Å². The molecule has 0 N–H and O–H groups in total. The lowest BCUT2D eigenvalue weighted by atomic mass is 9.67. The topological polar surface area (TPSA) is 18.5 Å². The third-order valence-corrected chi connectivity index (χ3v) is 10.8. The van der Waals surface area contributed by atoms with E-state index in [-0.39, 0.29) is 0 Å². The summed E-state index contributed by atoms with van der Waals surface area (Å²) in [6.45, 7) is 0. The van der Waals surface area contributed by atoms with Crippen molar-refractivity contribution in [1.29, 1.82) is 0 Å². The van der Waals surface area contributed by atoms with E-state index in [1.54, 1.807) is 14.2 Å². The highest BCUT2D eigenvalue weighted by molar-refractivity contribution is 5.90. The zero-order valence-corrected chi connectivity index (χ0v) is 29.8. The lowest BCUT2D eigenvalue weighted by Crippen LogP contribution is -2.28. The van der Waals surface area contributed by atoms with Gasteiger partial charge in [0, 0.05) is 0 Å². The van der Waals surface area contributed by atoms with Crippen LogP contribution in [0, 0.1) is 0 Å². The van der Waals surface area contributed by atoms with Gasteiger partial charge < -0.3 is 9.47 Å². The number of rotatable bonds is 8. The molecule has 1 aliphatic carbocycles. The second-order valence-corrected chi connectivity index (χ2v) is 13.6. The van der Waals surface area contributed by atoms with Crippen LogP contribution >= 0.6 is 0 Å². The molecular formula is C51H38O2. The first-order valence-electron chi connectivity index (χ1n) is 18.1. The molecule has 0 aromatic heterocycles. The van der Waals surface area contributed by atoms with Crippen LogP contribution in [-0.4, -0.2) is 14.2 Å². The third-order valence-electron chi connectivity index (χ3n) is 10.8. The van der Waals surface area contributed by atoms with E-state index in [1.807, 2.05) is 0 Å². The molecule has 0 fully saturated rings. The lowest BCUT2D eigenvalue weighted by molar-refractivity contribution is 0.414. The SMILES string of the molecule is COc1ccc(C2(c3ccc(OC)cc3)c3cc(-c4ccc(-c5ccccc5)cc4)ccc3-c3ccc(-c4ccc(-c5ccccc5)cc4)cc32)cc1. The summed E-state index contributed by atoms with van der Waals surface area (Å²) in [5.41, 5.74) is 16.3. The van der Waals surface area contributed by atoms with Gasteiger partial charge in [-0.15, -0.1) is 0 Å². The summed E-state index contributed by atoms with van der Waals surface area (Å²) < 4.78 is 11.3. The second-order valence-electron chi connectivity index (χ2n) is 13.6. The van der Waals surface area contributed by atoms with Crippen LogP contribution in [0.5, 0.6) is 11.5 Å². The Balaban J connectivity index is 1.25. The minimum Gasteiger partial charge on any atom is -0.497 e. The summed E-state index contributed by atoms with van der Waals surface area (Å²) in [6.07, 6.45) is 0. The molecule has 0 aliphatic heterocycles. The van der Waals surface area contributed by atoms with Gasteiger partial charge in [0.15, 0.2) is 0 Å². The van der Waals surface area contributed by atoms with E-state index in [1.165, 1.54) is 77.9 Å². The molecule has 2 heteroatoms. The van der Waals surface area contributed by atoms with Crippen molar-refractivity contribution in [3.05, 3.63) is 216 Å². The van der Waals surface area contributed by atoms with Gasteiger partial charge in [0.1, 0.15) is 11.5 Å². The van der Waals surface area contributed by atoms with Crippen molar-refractivity contribution >= 4 is 0 Å². The number of methoxy groups -OCH3 is 2. The van der Waals surface area contributed by atoms with Crippen LogP contribution in [0.1, 0.15) is 22.3 Å². The van der Waals surface area contributed by atoms with E-state index in [4.69, 9.17) is 9.47 Å². The van der Waals surface area contributed by atoms with Crippen LogP contribution < -0.4 is 9.47 Å². The molecule has 0 saturated carbocycles. The Morgan fingerprint density at radius 1 is 0.302 bits per heavy atom. The Bertz CT molecular complexity index is 2330. The van der Waals surface area contributed by atoms with Crippen LogP contribution in [0.4, 0.5) is 0 Å². The van der Waals surface area contributed by atoms with Gasteiger partial charge in [-0.05, 0) is 114 Å². The van der Waals surface area contributed by atoms with Gasteiger partial charge >= 0.3 is 0 Å². The maximum atomic E-state index is 5.66. The Hall–Kier alpha value is -6.64. The molecule has 0 unspecified atom stereocenters. The van der Waals surface area contributed by atoms with Crippen molar-refractivity contribution in [1.82, 2.24) is 0 Å². The highest BCUT2D eigenvalue weighted by atomic mass is 16.5. The predicted molar refractivity (Wildman–Crippen MR) is 219 cm³/mol. The van der Waals surface area contributed by atoms with E-state index in [0.29, 0.717) is 0 Å². The highest BCUT2D eigenvalue weighted by Crippen LogP contribution is 2.57. The number of benzene rings is 8. The van der Waals surface area contributed by atoms with E-state index < -0.39 is 5.41 Å². The van der Waals surface area contributed by atoms with Gasteiger partial charge in [-0.1, -0.05) is 158 Å². The molecule has 0 radical (unpaired) electrons. The second kappa shape index (κ2) is 13.5. The molecule has 8 aromatic rings. The summed E-state index contributed by atoms with van der Waals surface area (Å²) in [5, 5.41) is 0. The smallest absolute Gasteiger partial charge is 0.118 e. The van der Waals surface area contributed by atoms with Crippen molar-refractivity contribution in [2.75, 3.05) is 14.2 Å². The number of fused-ring (bicyclic) bond motifs is 3. The Morgan fingerprint density at radius 3 is 0.943 bits per heavy atom. The average Bonchev–Trinajstić information content (AvgIpc) is 3.54. The van der Waals surface area contributed by atoms with Gasteiger partial charge in [-0.25, -0.2) is 0 Å². The summed E-state index contributed by atoms with van der Waals surface area (Å²) in [7, 11) is 3.44. The van der Waals surface area contributed by atoms with Gasteiger partial charge in [0.25, 0.3) is 0 Å². The molecule has 8 aromatic carbocycles. The molecule has 0 atom stereocenters. The summed E-state index contributed by atoms with van der Waals surface area (Å²) in [5.74, 6) is 1.66. The molecule has 9 rings (SSSR count). The average molecular weight is 683 g/mol. The molecule has 0 bridgehead atoms. The maximum Gasteiger partial charge on any atom is 0.118 e. The molecule has 0 saturated heterocycles. The first-order chi connectivity index (χ1) is 26.1. The van der Waals surface area contributed by atoms with Gasteiger partial charge in [0.2, 0.25) is 0 Å². The fourth-order valence-corrected chi connectivity index (χ4v) is 8.13. The van der Waals surface area contributed by atoms with Gasteiger partial charge in [0.05, 0.1) is 19.6 Å². The van der Waals surface area contributed by atoms with Crippen LogP contribution in [-0.2, 0) is 5.41 Å². The molecule has 2 nitrogen and oxygen atoms in total. The molecule has 0 amide bonds. The quantitative estimate of drug-likeness (QED) is 0.159. The Labute approximate surface area is 311 Å². The van der Waals surface area contributed by atoms with E-state index in [0.717, 1.165) is 11.5 Å². The minimum absolute atomic E-state index is 0.608. The van der Waals surface area contributed by atoms with Crippen molar-refractivity contribution in [3.63, 3.8) is 0 Å². The Morgan fingerprint density at radius 2 is 0.604 bits per heavy atom. The Kier molecular flexibility index (Phi) is 8.21. The fourth-order valence-electron chi connectivity index (χ4n) is 8.13. The zero-order chi connectivity index (χ0) is 35.8. The number of ether oxygens (including phenoxy) is 2. The largest absolute Gasteiger partial charge is 0.497 e. The van der Waals surface area contributed by atoms with Gasteiger partial charge in [-0.2, -0.15) is 0 Å². The first-order valence-corrected chi connectivity index (χ1v) is 18.1. The maximum absolute atomic E-state index is 5.66. The predicted octanol–water partition coefficient (Wildman–Crippen LogP) is 12.7. The minimum atomic E-state index is -0.608. The third kappa shape index (κ3) is 5.60. The van der Waals surface area contributed by atoms with Crippen molar-refractivity contribution in [2.24, 2.45) is 0 Å². The molecule has 254 valence electrons. The first kappa shape index (κ1) is 32.3. The zero-order valence-electron chi connectivity index (χ0n) is 29.8. The van der Waals surface area contributed by atoms with Crippen molar-refractivity contribution in [3.8, 4) is 67.1 Å². The standard InChI is InChI=1S/C51H38O2/c1-52-45-27-23-43(24-28-45)51(44-25-29-46(53-2)30-26-44)49-33-41(39-17-13-37(14-18-39)35-9-5-3-6-10-35)21-31-47(49)48-32-22-42(34-50(48)51)40-19-15-38(16-20-40)36-11-7-4-8-12-36/h3-34H,1-2H3. The normalized spacial score (nSPS) is 12.5. The molecule has 0 spiro atoms. The lowest BCUT2D eigenvalue weighted by Gasteiger charge is -2.34. The van der Waals surface area contributed by atoms with E-state index >= 15 is 0 Å². The molecule has 53 heavy (non-hydrogen) atoms. The number of hydrogen-bond acceptors (Lipinski definition) is 2. The fraction of sp³-hybridized carbons (Fsp3) is 0.0588. The monoisotopic (exact) mass is 682 g/mol. The van der Waals surface area contributed by atoms with Crippen LogP contribution in [0.25, 0.3) is 55.6 Å². The van der Waals surface area contributed by atoms with Crippen LogP contribution in [0.3, 0.4) is 0 Å². The molecule has 1 aliphatic rings. The highest BCUT2D eigenvalue weighted by Gasteiger charge is 2.46. The van der Waals surface area contributed by atoms with Crippen molar-refractivity contribution in [2.45, 2.75) is 5.41 Å². The summed E-state index contributed by atoms with van der Waals surface area (Å²) in [4.78, 5) is 0. The summed E-state index contributed by atoms with van der Waals surface area (Å²) >= 11 is 0. The van der Waals surface area contributed by atoms with Crippen molar-refractivity contribution < 1.29 is 9.47 Å². The van der Waals surface area contributed by atoms with E-state index in [2.05, 4.69) is 194 Å².